The first-order valence-electron chi connectivity index (χ1n) is 7.94. The lowest BCUT2D eigenvalue weighted by molar-refractivity contribution is -0.242. The second-order valence-corrected chi connectivity index (χ2v) is 10.7. The van der Waals surface area contributed by atoms with Crippen LogP contribution in [-0.2, 0) is 24.5 Å². The number of carbonyl (C=O) groups excluding carboxylic acids is 1. The molecule has 2 aromatic carbocycles. The molecule has 0 aromatic heterocycles. The molecule has 0 fully saturated rings. The molecule has 164 valence electrons. The van der Waals surface area contributed by atoms with Crippen LogP contribution in [0.1, 0.15) is 6.92 Å². The minimum atomic E-state index is -5.26. The van der Waals surface area contributed by atoms with Crippen molar-refractivity contribution in [2.45, 2.75) is 33.4 Å². The van der Waals surface area contributed by atoms with E-state index in [1.165, 1.54) is 12.1 Å². The summed E-state index contributed by atoms with van der Waals surface area (Å²) in [6.07, 6.45) is -4.43. The molecule has 0 saturated carbocycles. The highest BCUT2D eigenvalue weighted by Gasteiger charge is 2.55. The number of halogens is 4. The second-order valence-electron chi connectivity index (χ2n) is 6.39. The number of rotatable bonds is 5. The number of benzene rings is 2. The van der Waals surface area contributed by atoms with Gasteiger partial charge in [0.05, 0.1) is 25.4 Å². The predicted octanol–water partition coefficient (Wildman–Crippen LogP) is 2.83. The molecule has 2 N–H and O–H groups in total. The Labute approximate surface area is 175 Å². The number of nitrogens with one attached hydrogen (secondary N) is 1. The number of hydrogen-bond acceptors (Lipinski definition) is 6. The Morgan fingerprint density at radius 2 is 1.57 bits per heavy atom. The lowest BCUT2D eigenvalue weighted by Crippen LogP contribution is -2.52. The minimum absolute atomic E-state index is 0.247. The summed E-state index contributed by atoms with van der Waals surface area (Å²) in [5.41, 5.74) is -4.10. The Morgan fingerprint density at radius 3 is 2.03 bits per heavy atom. The highest BCUT2D eigenvalue weighted by molar-refractivity contribution is 7.94. The van der Waals surface area contributed by atoms with Crippen molar-refractivity contribution in [3.8, 4) is 0 Å². The molecule has 30 heavy (non-hydrogen) atoms. The molecule has 2 rings (SSSR count). The number of alkyl halides is 3. The zero-order valence-corrected chi connectivity index (χ0v) is 17.7. The smallest absolute Gasteiger partial charge is 0.373 e. The second kappa shape index (κ2) is 7.84. The third kappa shape index (κ3) is 4.61. The van der Waals surface area contributed by atoms with Gasteiger partial charge < -0.3 is 10.4 Å². The van der Waals surface area contributed by atoms with Gasteiger partial charge in [0.2, 0.25) is 15.4 Å². The Bertz CT molecular complexity index is 1210. The lowest BCUT2D eigenvalue weighted by atomic mass is 10.1. The first kappa shape index (κ1) is 24.1. The topological polar surface area (TPSA) is 118 Å². The summed E-state index contributed by atoms with van der Waals surface area (Å²) in [5, 5.41) is 10.7. The van der Waals surface area contributed by atoms with E-state index in [9.17, 15) is 39.9 Å². The largest absolute Gasteiger partial charge is 0.426 e. The predicted molar refractivity (Wildman–Crippen MR) is 102 cm³/mol. The van der Waals surface area contributed by atoms with Gasteiger partial charge in [0.25, 0.3) is 5.91 Å². The Balaban J connectivity index is 2.47. The third-order valence-electron chi connectivity index (χ3n) is 4.03. The van der Waals surface area contributed by atoms with Crippen LogP contribution in [-0.4, -0.2) is 45.9 Å². The van der Waals surface area contributed by atoms with Crippen LogP contribution in [0, 0.1) is 0 Å². The highest BCUT2D eigenvalue weighted by Crippen LogP contribution is 2.34. The zero-order chi connectivity index (χ0) is 23.1. The van der Waals surface area contributed by atoms with Crippen molar-refractivity contribution in [3.05, 3.63) is 47.5 Å². The zero-order valence-electron chi connectivity index (χ0n) is 15.4. The highest BCUT2D eigenvalue weighted by atomic mass is 35.5. The van der Waals surface area contributed by atoms with Crippen LogP contribution >= 0.6 is 11.6 Å². The van der Waals surface area contributed by atoms with Crippen molar-refractivity contribution in [1.82, 2.24) is 0 Å². The third-order valence-corrected chi connectivity index (χ3v) is 7.44. The Morgan fingerprint density at radius 1 is 1.03 bits per heavy atom. The van der Waals surface area contributed by atoms with E-state index >= 15 is 0 Å². The van der Waals surface area contributed by atoms with E-state index in [0.717, 1.165) is 36.6 Å². The molecule has 0 heterocycles. The van der Waals surface area contributed by atoms with Gasteiger partial charge in [0, 0.05) is 6.26 Å². The van der Waals surface area contributed by atoms with E-state index in [1.807, 2.05) is 0 Å². The van der Waals surface area contributed by atoms with Gasteiger partial charge in [-0.15, -0.1) is 0 Å². The van der Waals surface area contributed by atoms with Gasteiger partial charge in [-0.25, -0.2) is 16.8 Å². The van der Waals surface area contributed by atoms with Gasteiger partial charge in [-0.05, 0) is 37.3 Å². The first-order chi connectivity index (χ1) is 13.5. The van der Waals surface area contributed by atoms with Gasteiger partial charge in [-0.1, -0.05) is 23.7 Å². The standard InChI is InChI=1S/C17H15ClF3NO6S2/c1-16(24,17(19,20)21)15(23)22-12-8-7-10(9-11(12)18)30(27,28)14-6-4-3-5-13(14)29(2,25)26/h3-9,24H,1-2H3,(H,22,23). The van der Waals surface area contributed by atoms with Crippen LogP contribution < -0.4 is 5.32 Å². The van der Waals surface area contributed by atoms with Crippen molar-refractivity contribution >= 4 is 42.9 Å². The van der Waals surface area contributed by atoms with Crippen LogP contribution in [0.5, 0.6) is 0 Å². The number of carbonyl (C=O) groups is 1. The van der Waals surface area contributed by atoms with Crippen molar-refractivity contribution in [2.24, 2.45) is 0 Å². The molecule has 1 atom stereocenters. The van der Waals surface area contributed by atoms with E-state index in [0.29, 0.717) is 0 Å². The summed E-state index contributed by atoms with van der Waals surface area (Å²) in [4.78, 5) is 10.4. The summed E-state index contributed by atoms with van der Waals surface area (Å²) in [5.74, 6) is -1.82. The molecule has 0 aliphatic carbocycles. The van der Waals surface area contributed by atoms with Crippen LogP contribution in [0.3, 0.4) is 0 Å². The number of hydrogen-bond donors (Lipinski definition) is 2. The SMILES string of the molecule is CC(O)(C(=O)Nc1ccc(S(=O)(=O)c2ccccc2S(C)(=O)=O)cc1Cl)C(F)(F)F. The van der Waals surface area contributed by atoms with Crippen molar-refractivity contribution in [3.63, 3.8) is 0 Å². The number of amides is 1. The summed E-state index contributed by atoms with van der Waals surface area (Å²) in [7, 11) is -8.27. The Hall–Kier alpha value is -2.15. The molecule has 0 radical (unpaired) electrons. The summed E-state index contributed by atoms with van der Waals surface area (Å²) in [6.45, 7) is 0.247. The molecule has 1 amide bonds. The molecule has 13 heteroatoms. The van der Waals surface area contributed by atoms with Gasteiger partial charge in [0.1, 0.15) is 0 Å². The van der Waals surface area contributed by atoms with Gasteiger partial charge in [-0.3, -0.25) is 4.79 Å². The van der Waals surface area contributed by atoms with Crippen LogP contribution in [0.2, 0.25) is 5.02 Å². The minimum Gasteiger partial charge on any atom is -0.373 e. The molecule has 0 aliphatic rings. The molecule has 0 aliphatic heterocycles. The number of aliphatic hydroxyl groups is 1. The molecule has 0 bridgehead atoms. The molecule has 0 spiro atoms. The summed E-state index contributed by atoms with van der Waals surface area (Å²) >= 11 is 5.90. The average molecular weight is 486 g/mol. The quantitative estimate of drug-likeness (QED) is 0.672. The van der Waals surface area contributed by atoms with Crippen molar-refractivity contribution < 1.29 is 39.9 Å². The fraction of sp³-hybridized carbons (Fsp3) is 0.235. The van der Waals surface area contributed by atoms with Crippen LogP contribution in [0.4, 0.5) is 18.9 Å². The van der Waals surface area contributed by atoms with Gasteiger partial charge in [-0.2, -0.15) is 13.2 Å². The molecule has 2 aromatic rings. The molecule has 1 unspecified atom stereocenters. The fourth-order valence-corrected chi connectivity index (χ4v) is 5.44. The summed E-state index contributed by atoms with van der Waals surface area (Å²) in [6, 6.07) is 7.53. The summed E-state index contributed by atoms with van der Waals surface area (Å²) < 4.78 is 87.8. The normalized spacial score (nSPS) is 14.8. The van der Waals surface area contributed by atoms with Crippen LogP contribution in [0.25, 0.3) is 0 Å². The molecule has 0 saturated heterocycles. The maximum Gasteiger partial charge on any atom is 0.426 e. The number of sulfone groups is 2. The van der Waals surface area contributed by atoms with Gasteiger partial charge in [0.15, 0.2) is 9.84 Å². The monoisotopic (exact) mass is 485 g/mol. The maximum atomic E-state index is 12.9. The lowest BCUT2D eigenvalue weighted by Gasteiger charge is -2.25. The van der Waals surface area contributed by atoms with Crippen LogP contribution in [0.15, 0.2) is 57.2 Å². The van der Waals surface area contributed by atoms with Crippen molar-refractivity contribution in [2.75, 3.05) is 11.6 Å². The van der Waals surface area contributed by atoms with E-state index in [4.69, 9.17) is 11.6 Å². The Kier molecular flexibility index (Phi) is 6.30. The average Bonchev–Trinajstić information content (AvgIpc) is 2.61. The molecular weight excluding hydrogens is 471 g/mol. The fourth-order valence-electron chi connectivity index (χ4n) is 2.24. The number of anilines is 1. The van der Waals surface area contributed by atoms with E-state index in [-0.39, 0.29) is 12.6 Å². The first-order valence-corrected chi connectivity index (χ1v) is 11.7. The molecule has 7 nitrogen and oxygen atoms in total. The van der Waals surface area contributed by atoms with Crippen molar-refractivity contribution in [1.29, 1.82) is 0 Å². The van der Waals surface area contributed by atoms with Gasteiger partial charge >= 0.3 is 6.18 Å². The maximum absolute atomic E-state index is 12.9. The molecular formula is C17H15ClF3NO6S2. The van der Waals surface area contributed by atoms with E-state index in [1.54, 1.807) is 5.32 Å². The van der Waals surface area contributed by atoms with E-state index in [2.05, 4.69) is 0 Å². The van der Waals surface area contributed by atoms with E-state index < -0.39 is 57.1 Å².